The summed E-state index contributed by atoms with van der Waals surface area (Å²) in [5.41, 5.74) is 9.23. The Morgan fingerprint density at radius 2 is 1.18 bits per heavy atom. The first-order valence-electron chi connectivity index (χ1n) is 13.2. The Labute approximate surface area is 257 Å². The summed E-state index contributed by atoms with van der Waals surface area (Å²) < 4.78 is 2.15. The van der Waals surface area contributed by atoms with Crippen LogP contribution in [0, 0.1) is 13.8 Å². The van der Waals surface area contributed by atoms with Crippen LogP contribution in [0.3, 0.4) is 0 Å². The monoisotopic (exact) mass is 669 g/mol. The van der Waals surface area contributed by atoms with Crippen LogP contribution < -0.4 is 0 Å². The van der Waals surface area contributed by atoms with E-state index in [1.165, 1.54) is 38.9 Å². The fraction of sp³-hybridized carbons (Fsp3) is 0.206. The zero-order chi connectivity index (χ0) is 28.2. The van der Waals surface area contributed by atoms with E-state index < -0.39 is 5.41 Å². The molecule has 0 N–H and O–H groups in total. The maximum atomic E-state index is 4.83. The minimum atomic E-state index is -0.479. The van der Waals surface area contributed by atoms with Crippen molar-refractivity contribution in [2.75, 3.05) is 0 Å². The van der Waals surface area contributed by atoms with E-state index in [0.29, 0.717) is 5.82 Å². The number of halogens is 2. The second-order valence-electron chi connectivity index (χ2n) is 11.3. The highest BCUT2D eigenvalue weighted by atomic mass is 79.9. The summed E-state index contributed by atoms with van der Waals surface area (Å²) in [5.74, 6) is 1.43. The first-order valence-corrected chi connectivity index (χ1v) is 15.6. The van der Waals surface area contributed by atoms with E-state index in [2.05, 4.69) is 149 Å². The molecule has 6 rings (SSSR count). The molecule has 0 unspecified atom stereocenters. The first kappa shape index (κ1) is 27.4. The van der Waals surface area contributed by atoms with Crippen LogP contribution in [0.1, 0.15) is 54.4 Å². The number of rotatable bonds is 4. The average Bonchev–Trinajstić information content (AvgIpc) is 3.17. The Morgan fingerprint density at radius 3 is 1.70 bits per heavy atom. The van der Waals surface area contributed by atoms with Crippen molar-refractivity contribution in [2.45, 2.75) is 49.9 Å². The predicted molar refractivity (Wildman–Crippen MR) is 173 cm³/mol. The molecular weight excluding hydrogens is 642 g/mol. The van der Waals surface area contributed by atoms with E-state index in [0.717, 1.165) is 25.5 Å². The average molecular weight is 672 g/mol. The number of fused-ring (bicyclic) bond motifs is 3. The van der Waals surface area contributed by atoms with E-state index >= 15 is 0 Å². The molecule has 1 aliphatic rings. The van der Waals surface area contributed by atoms with Gasteiger partial charge >= 0.3 is 0 Å². The molecule has 0 atom stereocenters. The molecule has 1 heterocycles. The second kappa shape index (κ2) is 10.2. The maximum absolute atomic E-state index is 4.83. The van der Waals surface area contributed by atoms with E-state index in [9.17, 15) is 0 Å². The third kappa shape index (κ3) is 4.84. The molecule has 0 spiro atoms. The summed E-state index contributed by atoms with van der Waals surface area (Å²) >= 11 is 9.21. The van der Waals surface area contributed by atoms with Gasteiger partial charge in [-0.1, -0.05) is 131 Å². The smallest absolute Gasteiger partial charge is 0.191 e. The molecule has 3 nitrogen and oxygen atoms in total. The zero-order valence-corrected chi connectivity index (χ0v) is 27.1. The summed E-state index contributed by atoms with van der Waals surface area (Å²) in [7, 11) is 0. The highest BCUT2D eigenvalue weighted by Crippen LogP contribution is 2.57. The van der Waals surface area contributed by atoms with Gasteiger partial charge in [-0.05, 0) is 71.5 Å². The third-order valence-corrected chi connectivity index (χ3v) is 9.21. The van der Waals surface area contributed by atoms with Gasteiger partial charge in [0.25, 0.3) is 0 Å². The van der Waals surface area contributed by atoms with Crippen molar-refractivity contribution in [3.8, 4) is 22.5 Å². The molecule has 1 aromatic heterocycles. The number of nitrogens with zero attached hydrogens (tertiary/aromatic N) is 3. The molecule has 6 heteroatoms. The van der Waals surface area contributed by atoms with Crippen LogP contribution in [0.4, 0.5) is 0 Å². The Hall–Kier alpha value is -2.80. The van der Waals surface area contributed by atoms with Gasteiger partial charge < -0.3 is 0 Å². The van der Waals surface area contributed by atoms with Crippen LogP contribution in [0.5, 0.6) is 0 Å². The van der Waals surface area contributed by atoms with Crippen molar-refractivity contribution in [3.05, 3.63) is 128 Å². The summed E-state index contributed by atoms with van der Waals surface area (Å²) in [6.45, 7) is 10.6. The van der Waals surface area contributed by atoms with Gasteiger partial charge in [-0.3, -0.25) is 0 Å². The Bertz CT molecular complexity index is 1690. The first-order chi connectivity index (χ1) is 19.0. The molecule has 0 radical (unpaired) electrons. The summed E-state index contributed by atoms with van der Waals surface area (Å²) in [5, 5.41) is 0.753. The van der Waals surface area contributed by atoms with E-state index in [1.807, 2.05) is 6.92 Å². The topological polar surface area (TPSA) is 38.7 Å². The number of hydrogen-bond donors (Lipinski definition) is 0. The van der Waals surface area contributed by atoms with Crippen molar-refractivity contribution >= 4 is 43.6 Å². The van der Waals surface area contributed by atoms with Crippen LogP contribution in [-0.4, -0.2) is 19.7 Å². The molecule has 0 amide bonds. The van der Waals surface area contributed by atoms with E-state index in [1.54, 1.807) is 11.8 Å². The number of aromatic nitrogens is 3. The van der Waals surface area contributed by atoms with Crippen molar-refractivity contribution < 1.29 is 0 Å². The molecule has 4 aromatic carbocycles. The van der Waals surface area contributed by atoms with Gasteiger partial charge in [0, 0.05) is 19.3 Å². The van der Waals surface area contributed by atoms with Crippen LogP contribution in [0.25, 0.3) is 22.5 Å². The van der Waals surface area contributed by atoms with Gasteiger partial charge in [-0.15, -0.1) is 0 Å². The fourth-order valence-electron chi connectivity index (χ4n) is 5.64. The van der Waals surface area contributed by atoms with Crippen LogP contribution >= 0.6 is 43.6 Å². The quantitative estimate of drug-likeness (QED) is 0.175. The highest BCUT2D eigenvalue weighted by Gasteiger charge is 2.46. The largest absolute Gasteiger partial charge is 0.213 e. The predicted octanol–water partition coefficient (Wildman–Crippen LogP) is 9.93. The molecule has 5 aromatic rings. The van der Waals surface area contributed by atoms with Crippen molar-refractivity contribution in [1.82, 2.24) is 15.0 Å². The lowest BCUT2D eigenvalue weighted by molar-refractivity contribution is 0.766. The number of aryl methyl sites for hydroxylation is 2. The van der Waals surface area contributed by atoms with E-state index in [4.69, 9.17) is 9.97 Å². The molecule has 0 bridgehead atoms. The van der Waals surface area contributed by atoms with Gasteiger partial charge in [0.15, 0.2) is 11.0 Å². The minimum Gasteiger partial charge on any atom is -0.213 e. The number of benzene rings is 4. The minimum absolute atomic E-state index is 0.0150. The normalized spacial score (nSPS) is 13.7. The van der Waals surface area contributed by atoms with Crippen molar-refractivity contribution in [1.29, 1.82) is 0 Å². The molecule has 0 saturated carbocycles. The molecule has 0 aliphatic heterocycles. The van der Waals surface area contributed by atoms with Crippen LogP contribution in [0.15, 0.2) is 99.0 Å². The molecule has 0 fully saturated rings. The lowest BCUT2D eigenvalue weighted by Crippen LogP contribution is -2.28. The highest BCUT2D eigenvalue weighted by molar-refractivity contribution is 9.10. The second-order valence-corrected chi connectivity index (χ2v) is 14.9. The fourth-order valence-corrected chi connectivity index (χ4v) is 7.22. The van der Waals surface area contributed by atoms with Gasteiger partial charge in [0.1, 0.15) is 5.82 Å². The van der Waals surface area contributed by atoms with Crippen LogP contribution in [0.2, 0.25) is 0 Å². The summed E-state index contributed by atoms with van der Waals surface area (Å²) in [4.78, 5) is 14.1. The Morgan fingerprint density at radius 1 is 0.650 bits per heavy atom. The summed E-state index contributed by atoms with van der Waals surface area (Å²) in [6, 6.07) is 31.1. The van der Waals surface area contributed by atoms with Crippen molar-refractivity contribution in [3.63, 3.8) is 0 Å². The number of hydrogen-bond acceptors (Lipinski definition) is 4. The van der Waals surface area contributed by atoms with Gasteiger partial charge in [-0.25, -0.2) is 15.0 Å². The maximum Gasteiger partial charge on any atom is 0.191 e. The molecule has 1 aliphatic carbocycles. The van der Waals surface area contributed by atoms with E-state index in [-0.39, 0.29) is 4.75 Å². The Kier molecular flexibility index (Phi) is 7.00. The Balaban J connectivity index is 1.57. The van der Waals surface area contributed by atoms with Crippen LogP contribution in [-0.2, 0) is 5.41 Å². The third-order valence-electron chi connectivity index (χ3n) is 7.25. The standard InChI is InChI=1S/C34H29Br2N3S/c1-20-6-10-23(11-7-20)34(29-18-25(35)14-16-27(29)28-17-15-26(36)19-30(28)34)24-12-8-22(9-13-24)31-37-21(2)38-32(39-31)40-33(3,4)5/h6-19H,1-5H3. The van der Waals surface area contributed by atoms with Gasteiger partial charge in [0.05, 0.1) is 5.41 Å². The molecule has 0 saturated heterocycles. The number of thioether (sulfide) groups is 1. The SMILES string of the molecule is Cc1ccc(C2(c3ccc(-c4nc(C)nc(SC(C)(C)C)n4)cc3)c3cc(Br)ccc3-c3ccc(Br)cc32)cc1. The lowest BCUT2D eigenvalue weighted by Gasteiger charge is -2.34. The summed E-state index contributed by atoms with van der Waals surface area (Å²) in [6.07, 6.45) is 0. The molecule has 200 valence electrons. The molecule has 40 heavy (non-hydrogen) atoms. The van der Waals surface area contributed by atoms with Gasteiger partial charge in [0.2, 0.25) is 0 Å². The zero-order valence-electron chi connectivity index (χ0n) is 23.1. The van der Waals surface area contributed by atoms with Crippen molar-refractivity contribution in [2.24, 2.45) is 0 Å². The lowest BCUT2D eigenvalue weighted by atomic mass is 9.67. The van der Waals surface area contributed by atoms with Gasteiger partial charge in [-0.2, -0.15) is 0 Å². The molecular formula is C34H29Br2N3S.